The molecular formula is C28H37N3O. The summed E-state index contributed by atoms with van der Waals surface area (Å²) in [6, 6.07) is 15.0. The first-order valence-electron chi connectivity index (χ1n) is 11.8. The van der Waals surface area contributed by atoms with Gasteiger partial charge >= 0.3 is 0 Å². The summed E-state index contributed by atoms with van der Waals surface area (Å²) >= 11 is 0. The summed E-state index contributed by atoms with van der Waals surface area (Å²) in [5.74, 6) is 0.556. The fraction of sp³-hybridized carbons (Fsp3) is 0.429. The van der Waals surface area contributed by atoms with Crippen molar-refractivity contribution in [3.8, 4) is 0 Å². The predicted molar refractivity (Wildman–Crippen MR) is 136 cm³/mol. The molecule has 0 aromatic heterocycles. The number of aryl methyl sites for hydroxylation is 2. The third kappa shape index (κ3) is 5.87. The van der Waals surface area contributed by atoms with Crippen molar-refractivity contribution in [1.82, 2.24) is 5.43 Å². The van der Waals surface area contributed by atoms with E-state index in [4.69, 9.17) is 0 Å². The van der Waals surface area contributed by atoms with Gasteiger partial charge in [-0.3, -0.25) is 4.79 Å². The maximum absolute atomic E-state index is 13.9. The van der Waals surface area contributed by atoms with Crippen LogP contribution in [0.3, 0.4) is 0 Å². The van der Waals surface area contributed by atoms with E-state index in [2.05, 4.69) is 80.3 Å². The number of anilines is 1. The lowest BCUT2D eigenvalue weighted by molar-refractivity contribution is -0.120. The molecule has 2 aromatic rings. The molecule has 1 amide bonds. The minimum Gasteiger partial charge on any atom is -0.312 e. The zero-order valence-corrected chi connectivity index (χ0v) is 20.0. The van der Waals surface area contributed by atoms with Crippen LogP contribution in [-0.4, -0.2) is 25.2 Å². The van der Waals surface area contributed by atoms with E-state index >= 15 is 0 Å². The molecule has 0 aliphatic heterocycles. The van der Waals surface area contributed by atoms with Crippen molar-refractivity contribution >= 4 is 17.8 Å². The first kappa shape index (κ1) is 23.8. The quantitative estimate of drug-likeness (QED) is 0.384. The van der Waals surface area contributed by atoms with E-state index in [0.29, 0.717) is 18.9 Å². The van der Waals surface area contributed by atoms with Gasteiger partial charge < -0.3 is 10.3 Å². The van der Waals surface area contributed by atoms with E-state index < -0.39 is 0 Å². The van der Waals surface area contributed by atoms with Crippen molar-refractivity contribution in [2.75, 3.05) is 18.0 Å². The molecule has 1 atom stereocenters. The number of hydrogen-bond acceptors (Lipinski definition) is 3. The molecule has 0 radical (unpaired) electrons. The first-order valence-corrected chi connectivity index (χ1v) is 11.8. The third-order valence-corrected chi connectivity index (χ3v) is 6.20. The number of fused-ring (bicyclic) bond motifs is 1. The van der Waals surface area contributed by atoms with Crippen LogP contribution in [0.15, 0.2) is 59.7 Å². The average Bonchev–Trinajstić information content (AvgIpc) is 2.79. The molecule has 1 aliphatic carbocycles. The van der Waals surface area contributed by atoms with E-state index in [0.717, 1.165) is 37.1 Å². The van der Waals surface area contributed by atoms with E-state index in [9.17, 15) is 4.79 Å². The summed E-state index contributed by atoms with van der Waals surface area (Å²) in [7, 11) is 0. The largest absolute Gasteiger partial charge is 0.312 e. The number of nitrogens with one attached hydrogen (secondary N) is 1. The first-order chi connectivity index (χ1) is 15.4. The van der Waals surface area contributed by atoms with Gasteiger partial charge in [-0.1, -0.05) is 56.3 Å². The monoisotopic (exact) mass is 431 g/mol. The number of hydrogen-bond donors (Lipinski definition) is 1. The number of benzene rings is 2. The highest BCUT2D eigenvalue weighted by molar-refractivity contribution is 5.98. The molecule has 4 heteroatoms. The molecule has 1 unspecified atom stereocenters. The highest BCUT2D eigenvalue weighted by Crippen LogP contribution is 2.35. The molecule has 0 heterocycles. The molecule has 3 rings (SSSR count). The lowest BCUT2D eigenvalue weighted by Crippen LogP contribution is -2.37. The molecule has 0 spiro atoms. The zero-order chi connectivity index (χ0) is 23.1. The van der Waals surface area contributed by atoms with Gasteiger partial charge in [-0.15, -0.1) is 0 Å². The molecule has 4 nitrogen and oxygen atoms in total. The predicted octanol–water partition coefficient (Wildman–Crippen LogP) is 6.11. The average molecular weight is 432 g/mol. The smallest absolute Gasteiger partial charge is 0.234 e. The summed E-state index contributed by atoms with van der Waals surface area (Å²) < 4.78 is 0. The van der Waals surface area contributed by atoms with E-state index in [1.165, 1.54) is 22.3 Å². The van der Waals surface area contributed by atoms with Crippen LogP contribution in [0.4, 0.5) is 5.69 Å². The van der Waals surface area contributed by atoms with Crippen LogP contribution in [0.25, 0.3) is 0 Å². The number of nitrogens with zero attached hydrogens (tertiary/aromatic N) is 2. The number of hydrazone groups is 1. The Labute approximate surface area is 193 Å². The fourth-order valence-electron chi connectivity index (χ4n) is 4.32. The highest BCUT2D eigenvalue weighted by Gasteiger charge is 2.30. The molecule has 0 bridgehead atoms. The molecule has 2 aromatic carbocycles. The Morgan fingerprint density at radius 1 is 1.25 bits per heavy atom. The van der Waals surface area contributed by atoms with Gasteiger partial charge in [0.25, 0.3) is 0 Å². The summed E-state index contributed by atoms with van der Waals surface area (Å²) in [4.78, 5) is 15.9. The van der Waals surface area contributed by atoms with Gasteiger partial charge in [0.05, 0.1) is 5.92 Å². The molecule has 170 valence electrons. The normalized spacial score (nSPS) is 15.6. The Morgan fingerprint density at radius 3 is 2.69 bits per heavy atom. The number of carbonyl (C=O) groups is 1. The summed E-state index contributed by atoms with van der Waals surface area (Å²) in [6.07, 6.45) is 5.45. The molecule has 1 aliphatic rings. The standard InChI is InChI=1S/C28H37N3O/c1-6-29-30-19-22(5)16-17-31(25-14-12-23(13-15-25)20(2)3)28(32)26-9-7-8-24-11-10-21(4)18-27(24)26/h10-15,18-20,26,29H,5-9,16-17H2,1-4H3/b30-19-. The van der Waals surface area contributed by atoms with Crippen molar-refractivity contribution in [3.63, 3.8) is 0 Å². The van der Waals surface area contributed by atoms with Gasteiger partial charge in [-0.2, -0.15) is 5.10 Å². The van der Waals surface area contributed by atoms with Crippen LogP contribution >= 0.6 is 0 Å². The van der Waals surface area contributed by atoms with Gasteiger partial charge in [0.15, 0.2) is 0 Å². The van der Waals surface area contributed by atoms with Gasteiger partial charge in [-0.05, 0) is 79.8 Å². The molecule has 32 heavy (non-hydrogen) atoms. The van der Waals surface area contributed by atoms with Crippen LogP contribution in [-0.2, 0) is 11.2 Å². The Bertz CT molecular complexity index is 959. The van der Waals surface area contributed by atoms with Crippen molar-refractivity contribution in [1.29, 1.82) is 0 Å². The minimum atomic E-state index is -0.0906. The number of rotatable bonds is 9. The second-order valence-electron chi connectivity index (χ2n) is 9.06. The van der Waals surface area contributed by atoms with Crippen LogP contribution in [0.5, 0.6) is 0 Å². The molecule has 1 N–H and O–H groups in total. The van der Waals surface area contributed by atoms with Gasteiger partial charge in [-0.25, -0.2) is 0 Å². The third-order valence-electron chi connectivity index (χ3n) is 6.20. The second-order valence-corrected chi connectivity index (χ2v) is 9.06. The Kier molecular flexibility index (Phi) is 8.26. The summed E-state index contributed by atoms with van der Waals surface area (Å²) in [6.45, 7) is 14.0. The van der Waals surface area contributed by atoms with Gasteiger partial charge in [0.2, 0.25) is 5.91 Å². The van der Waals surface area contributed by atoms with Crippen molar-refractivity contribution in [2.45, 2.75) is 65.2 Å². The maximum Gasteiger partial charge on any atom is 0.234 e. The van der Waals surface area contributed by atoms with E-state index in [1.807, 2.05) is 11.8 Å². The topological polar surface area (TPSA) is 44.7 Å². The Hall–Kier alpha value is -2.88. The zero-order valence-electron chi connectivity index (χ0n) is 20.0. The highest BCUT2D eigenvalue weighted by atomic mass is 16.2. The van der Waals surface area contributed by atoms with Gasteiger partial charge in [0, 0.05) is 25.0 Å². The molecular weight excluding hydrogens is 394 g/mol. The lowest BCUT2D eigenvalue weighted by Gasteiger charge is -2.31. The number of carbonyl (C=O) groups excluding carboxylic acids is 1. The summed E-state index contributed by atoms with van der Waals surface area (Å²) in [5, 5.41) is 4.17. The second kappa shape index (κ2) is 11.1. The SMILES string of the molecule is C=C(/C=N\NCC)CCN(C(=O)C1CCCc2ccc(C)cc21)c1ccc(C(C)C)cc1. The van der Waals surface area contributed by atoms with Crippen LogP contribution in [0.1, 0.15) is 74.1 Å². The van der Waals surface area contributed by atoms with Crippen molar-refractivity contribution in [2.24, 2.45) is 5.10 Å². The van der Waals surface area contributed by atoms with Crippen LogP contribution in [0.2, 0.25) is 0 Å². The molecule has 0 fully saturated rings. The maximum atomic E-state index is 13.9. The Balaban J connectivity index is 1.87. The Morgan fingerprint density at radius 2 is 2.00 bits per heavy atom. The summed E-state index contributed by atoms with van der Waals surface area (Å²) in [5.41, 5.74) is 9.81. The fourth-order valence-corrected chi connectivity index (χ4v) is 4.32. The van der Waals surface area contributed by atoms with E-state index in [1.54, 1.807) is 6.21 Å². The van der Waals surface area contributed by atoms with Crippen LogP contribution < -0.4 is 10.3 Å². The number of amides is 1. The molecule has 0 saturated heterocycles. The lowest BCUT2D eigenvalue weighted by atomic mass is 9.81. The van der Waals surface area contributed by atoms with Crippen molar-refractivity contribution in [3.05, 3.63) is 76.9 Å². The van der Waals surface area contributed by atoms with Gasteiger partial charge in [0.1, 0.15) is 0 Å². The van der Waals surface area contributed by atoms with E-state index in [-0.39, 0.29) is 11.8 Å². The molecule has 0 saturated carbocycles. The van der Waals surface area contributed by atoms with Crippen LogP contribution in [0, 0.1) is 6.92 Å². The minimum absolute atomic E-state index is 0.0906. The van der Waals surface area contributed by atoms with Crippen molar-refractivity contribution < 1.29 is 4.79 Å².